The molecule has 45 heavy (non-hydrogen) atoms. The highest BCUT2D eigenvalue weighted by molar-refractivity contribution is 7.90. The summed E-state index contributed by atoms with van der Waals surface area (Å²) in [5.41, 5.74) is 3.15. The van der Waals surface area contributed by atoms with Crippen LogP contribution in [0.3, 0.4) is 0 Å². The molecular formula is C31H28N4O8S2. The number of Topliss-reactive ketones (excluding diaryl/α,β-unsaturated/α-hetero) is 2. The predicted molar refractivity (Wildman–Crippen MR) is 167 cm³/mol. The lowest BCUT2D eigenvalue weighted by Crippen LogP contribution is -2.34. The van der Waals surface area contributed by atoms with Crippen molar-refractivity contribution in [1.29, 1.82) is 0 Å². The standard InChI is InChI=1S/C31H28N4O8S2/c1-20(36)24-7-15-28(16-8-24)44(40,41)34-30(38)32-26-11-3-22(4-12-26)19-23-5-13-27(14-6-23)33-31(39)35-45(42,43)29-17-9-25(10-18-29)21(2)37/h3-18H,19H2,1-2H3,(H2,32,34,38)(H2,33,35,39). The molecule has 4 rings (SSSR count). The van der Waals surface area contributed by atoms with Crippen molar-refractivity contribution in [3.8, 4) is 0 Å². The molecule has 0 aliphatic rings. The molecular weight excluding hydrogens is 620 g/mol. The first-order chi connectivity index (χ1) is 21.2. The van der Waals surface area contributed by atoms with Gasteiger partial charge in [0, 0.05) is 22.5 Å². The molecule has 0 radical (unpaired) electrons. The Kier molecular flexibility index (Phi) is 9.79. The van der Waals surface area contributed by atoms with E-state index in [1.165, 1.54) is 62.4 Å². The maximum Gasteiger partial charge on any atom is 0.333 e. The van der Waals surface area contributed by atoms with Crippen molar-refractivity contribution in [2.45, 2.75) is 30.1 Å². The Morgan fingerprint density at radius 1 is 0.489 bits per heavy atom. The lowest BCUT2D eigenvalue weighted by atomic mass is 10.0. The maximum absolute atomic E-state index is 12.5. The summed E-state index contributed by atoms with van der Waals surface area (Å²) in [6.45, 7) is 2.72. The smallest absolute Gasteiger partial charge is 0.307 e. The Hall–Kier alpha value is -5.34. The van der Waals surface area contributed by atoms with Gasteiger partial charge in [-0.1, -0.05) is 48.5 Å². The quantitative estimate of drug-likeness (QED) is 0.178. The number of carbonyl (C=O) groups excluding carboxylic acids is 4. The molecule has 4 amide bonds. The van der Waals surface area contributed by atoms with Crippen LogP contribution in [0.4, 0.5) is 21.0 Å². The second kappa shape index (κ2) is 13.5. The first-order valence-corrected chi connectivity index (χ1v) is 16.3. The number of sulfonamides is 2. The van der Waals surface area contributed by atoms with Gasteiger partial charge in [-0.3, -0.25) is 9.59 Å². The minimum Gasteiger partial charge on any atom is -0.307 e. The summed E-state index contributed by atoms with van der Waals surface area (Å²) < 4.78 is 53.8. The molecule has 4 aromatic rings. The summed E-state index contributed by atoms with van der Waals surface area (Å²) in [5.74, 6) is -0.429. The molecule has 0 atom stereocenters. The normalized spacial score (nSPS) is 11.2. The molecule has 0 saturated heterocycles. The van der Waals surface area contributed by atoms with Gasteiger partial charge in [-0.2, -0.15) is 0 Å². The molecule has 4 N–H and O–H groups in total. The van der Waals surface area contributed by atoms with Crippen LogP contribution in [0, 0.1) is 0 Å². The summed E-state index contributed by atoms with van der Waals surface area (Å²) in [4.78, 5) is 47.1. The number of hydrogen-bond donors (Lipinski definition) is 4. The number of hydrogen-bond acceptors (Lipinski definition) is 8. The fourth-order valence-corrected chi connectivity index (χ4v) is 5.87. The van der Waals surface area contributed by atoms with Gasteiger partial charge in [0.25, 0.3) is 20.0 Å². The van der Waals surface area contributed by atoms with Gasteiger partial charge in [-0.05, 0) is 79.9 Å². The van der Waals surface area contributed by atoms with Gasteiger partial charge in [0.05, 0.1) is 9.79 Å². The van der Waals surface area contributed by atoms with Crippen molar-refractivity contribution >= 4 is 55.1 Å². The number of anilines is 2. The van der Waals surface area contributed by atoms with Gasteiger partial charge < -0.3 is 10.6 Å². The van der Waals surface area contributed by atoms with E-state index in [9.17, 15) is 36.0 Å². The molecule has 0 aliphatic carbocycles. The average molecular weight is 649 g/mol. The van der Waals surface area contributed by atoms with Crippen LogP contribution in [0.1, 0.15) is 45.7 Å². The van der Waals surface area contributed by atoms with E-state index in [0.717, 1.165) is 11.1 Å². The molecule has 12 nitrogen and oxygen atoms in total. The number of nitrogens with one attached hydrogen (secondary N) is 4. The molecule has 0 spiro atoms. The lowest BCUT2D eigenvalue weighted by molar-refractivity contribution is 0.100. The fraction of sp³-hybridized carbons (Fsp3) is 0.0968. The molecule has 0 saturated carbocycles. The molecule has 14 heteroatoms. The molecule has 0 aliphatic heterocycles. The van der Waals surface area contributed by atoms with Crippen molar-refractivity contribution in [2.75, 3.05) is 10.6 Å². The molecule has 0 aromatic heterocycles. The zero-order chi connectivity index (χ0) is 32.8. The molecule has 4 aromatic carbocycles. The molecule has 0 heterocycles. The van der Waals surface area contributed by atoms with Crippen molar-refractivity contribution in [1.82, 2.24) is 9.44 Å². The highest BCUT2D eigenvalue weighted by Gasteiger charge is 2.19. The van der Waals surface area contributed by atoms with E-state index in [1.807, 2.05) is 9.44 Å². The first-order valence-electron chi connectivity index (χ1n) is 13.3. The van der Waals surface area contributed by atoms with Crippen molar-refractivity contribution in [3.05, 3.63) is 119 Å². The van der Waals surface area contributed by atoms with Crippen LogP contribution < -0.4 is 20.1 Å². The molecule has 0 fully saturated rings. The zero-order valence-electron chi connectivity index (χ0n) is 24.0. The number of urea groups is 2. The Balaban J connectivity index is 1.28. The Morgan fingerprint density at radius 3 is 1.09 bits per heavy atom. The molecule has 232 valence electrons. The summed E-state index contributed by atoms with van der Waals surface area (Å²) in [5, 5.41) is 4.92. The van der Waals surface area contributed by atoms with Crippen LogP contribution in [-0.2, 0) is 26.5 Å². The maximum atomic E-state index is 12.5. The van der Waals surface area contributed by atoms with E-state index in [4.69, 9.17) is 0 Å². The third-order valence-electron chi connectivity index (χ3n) is 6.43. The summed E-state index contributed by atoms with van der Waals surface area (Å²) in [6.07, 6.45) is 0.494. The molecule has 0 bridgehead atoms. The largest absolute Gasteiger partial charge is 0.333 e. The monoisotopic (exact) mass is 648 g/mol. The van der Waals surface area contributed by atoms with E-state index in [-0.39, 0.29) is 21.4 Å². The lowest BCUT2D eigenvalue weighted by Gasteiger charge is -2.10. The second-order valence-corrected chi connectivity index (χ2v) is 13.2. The van der Waals surface area contributed by atoms with Crippen LogP contribution in [-0.4, -0.2) is 40.5 Å². The summed E-state index contributed by atoms with van der Waals surface area (Å²) >= 11 is 0. The van der Waals surface area contributed by atoms with Crippen LogP contribution in [0.2, 0.25) is 0 Å². The minimum atomic E-state index is -4.15. The number of rotatable bonds is 10. The van der Waals surface area contributed by atoms with Crippen molar-refractivity contribution < 1.29 is 36.0 Å². The van der Waals surface area contributed by atoms with Gasteiger partial charge in [0.15, 0.2) is 11.6 Å². The average Bonchev–Trinajstić information content (AvgIpc) is 2.98. The first kappa shape index (κ1) is 32.6. The van der Waals surface area contributed by atoms with Gasteiger partial charge >= 0.3 is 12.1 Å². The van der Waals surface area contributed by atoms with E-state index in [1.54, 1.807) is 48.5 Å². The van der Waals surface area contributed by atoms with Gasteiger partial charge in [-0.15, -0.1) is 0 Å². The summed E-state index contributed by atoms with van der Waals surface area (Å²) in [7, 11) is -8.30. The van der Waals surface area contributed by atoms with Crippen LogP contribution in [0.5, 0.6) is 0 Å². The summed E-state index contributed by atoms with van der Waals surface area (Å²) in [6, 6.07) is 21.9. The van der Waals surface area contributed by atoms with Gasteiger partial charge in [0.1, 0.15) is 0 Å². The molecule has 0 unspecified atom stereocenters. The fourth-order valence-electron chi connectivity index (χ4n) is 4.06. The topological polar surface area (TPSA) is 185 Å². The van der Waals surface area contributed by atoms with Crippen molar-refractivity contribution in [2.24, 2.45) is 0 Å². The number of ketones is 2. The SMILES string of the molecule is CC(=O)c1ccc(S(=O)(=O)NC(=O)Nc2ccc(Cc3ccc(NC(=O)NS(=O)(=O)c4ccc(C(C)=O)cc4)cc3)cc2)cc1. The van der Waals surface area contributed by atoms with Crippen LogP contribution in [0.25, 0.3) is 0 Å². The Bertz CT molecular complexity index is 1810. The Labute approximate surface area is 260 Å². The van der Waals surface area contributed by atoms with Crippen LogP contribution in [0.15, 0.2) is 107 Å². The number of amides is 4. The van der Waals surface area contributed by atoms with E-state index < -0.39 is 32.1 Å². The van der Waals surface area contributed by atoms with E-state index in [0.29, 0.717) is 28.9 Å². The van der Waals surface area contributed by atoms with Crippen molar-refractivity contribution in [3.63, 3.8) is 0 Å². The van der Waals surface area contributed by atoms with Gasteiger partial charge in [0.2, 0.25) is 0 Å². The van der Waals surface area contributed by atoms with E-state index >= 15 is 0 Å². The van der Waals surface area contributed by atoms with Crippen LogP contribution >= 0.6 is 0 Å². The third kappa shape index (κ3) is 8.84. The third-order valence-corrected chi connectivity index (χ3v) is 9.12. The zero-order valence-corrected chi connectivity index (χ0v) is 25.7. The van der Waals surface area contributed by atoms with Gasteiger partial charge in [-0.25, -0.2) is 35.9 Å². The van der Waals surface area contributed by atoms with E-state index in [2.05, 4.69) is 10.6 Å². The number of benzene rings is 4. The number of carbonyl (C=O) groups is 4. The Morgan fingerprint density at radius 2 is 0.800 bits per heavy atom. The second-order valence-electron chi connectivity index (χ2n) is 9.85. The highest BCUT2D eigenvalue weighted by Crippen LogP contribution is 2.17. The highest BCUT2D eigenvalue weighted by atomic mass is 32.2. The minimum absolute atomic E-state index is 0.165. The predicted octanol–water partition coefficient (Wildman–Crippen LogP) is 4.70.